The minimum absolute atomic E-state index is 0.0233. The minimum Gasteiger partial charge on any atom is -0.487 e. The first kappa shape index (κ1) is 50.5. The molecule has 8 heterocycles. The fourth-order valence-electron chi connectivity index (χ4n) is 8.63. The zero-order valence-corrected chi connectivity index (χ0v) is 40.9. The molecule has 2 saturated heterocycles. The van der Waals surface area contributed by atoms with Gasteiger partial charge in [-0.05, 0) is 57.2 Å². The number of amides is 2. The maximum absolute atomic E-state index is 13.4. The molecule has 382 valence electrons. The number of aromatic carboxylic acids is 1. The summed E-state index contributed by atoms with van der Waals surface area (Å²) in [5.41, 5.74) is 2.54. The quantitative estimate of drug-likeness (QED) is 0.100. The molecule has 0 saturated carbocycles. The number of fused-ring (bicyclic) bond motifs is 1. The number of ether oxygens (including phenoxy) is 5. The number of rotatable bonds is 21. The van der Waals surface area contributed by atoms with Gasteiger partial charge in [0.2, 0.25) is 23.6 Å². The third-order valence-corrected chi connectivity index (χ3v) is 12.7. The normalized spacial score (nSPS) is 16.1. The Hall–Kier alpha value is -8.46. The van der Waals surface area contributed by atoms with Gasteiger partial charge in [0.05, 0.1) is 74.7 Å². The Kier molecular flexibility index (Phi) is 15.4. The van der Waals surface area contributed by atoms with Crippen molar-refractivity contribution in [1.82, 2.24) is 49.7 Å². The second-order valence-corrected chi connectivity index (χ2v) is 18.2. The second kappa shape index (κ2) is 22.5. The molecule has 74 heavy (non-hydrogen) atoms. The number of carboxylic acids is 1. The fourth-order valence-corrected chi connectivity index (χ4v) is 8.63. The molecule has 6 aromatic rings. The van der Waals surface area contributed by atoms with Gasteiger partial charge >= 0.3 is 5.97 Å². The molecule has 9 rings (SSSR count). The maximum atomic E-state index is 13.4. The van der Waals surface area contributed by atoms with Gasteiger partial charge in [0.15, 0.2) is 5.78 Å². The van der Waals surface area contributed by atoms with Gasteiger partial charge in [-0.1, -0.05) is 17.3 Å². The van der Waals surface area contributed by atoms with E-state index in [1.165, 1.54) is 23.0 Å². The molecule has 1 aromatic carbocycles. The number of carbonyl (C=O) groups excluding carboxylic acids is 3. The summed E-state index contributed by atoms with van der Waals surface area (Å²) in [6, 6.07) is 19.0. The lowest BCUT2D eigenvalue weighted by atomic mass is 9.97. The SMILES string of the molecule is C[C@@H]1CN(c2ncc(-c3ccc4c(n3)N(Cc3cccnc3C#N)C(C)(C)C4=O)cn2)CCN1C(=O)Cn1cc(COCCOCCOCC(=O)N2CC(Oc3cccc(Oc4ccc(C(=O)O)cn4)c3)C2)nn1. The van der Waals surface area contributed by atoms with Crippen LogP contribution >= 0.6 is 0 Å². The van der Waals surface area contributed by atoms with E-state index in [0.29, 0.717) is 103 Å². The number of hydrogen-bond donors (Lipinski definition) is 1. The van der Waals surface area contributed by atoms with Gasteiger partial charge in [-0.15, -0.1) is 5.10 Å². The highest BCUT2D eigenvalue weighted by atomic mass is 16.5. The summed E-state index contributed by atoms with van der Waals surface area (Å²) in [5.74, 6) is 0.972. The molecule has 0 unspecified atom stereocenters. The first-order valence-corrected chi connectivity index (χ1v) is 23.9. The first-order chi connectivity index (χ1) is 35.8. The number of likely N-dealkylation sites (tertiary alicyclic amines) is 1. The van der Waals surface area contributed by atoms with E-state index < -0.39 is 11.5 Å². The van der Waals surface area contributed by atoms with Crippen molar-refractivity contribution in [2.75, 3.05) is 75.6 Å². The summed E-state index contributed by atoms with van der Waals surface area (Å²) in [6.45, 7) is 9.57. The number of anilines is 2. The van der Waals surface area contributed by atoms with Crippen molar-refractivity contribution in [3.05, 3.63) is 120 Å². The summed E-state index contributed by atoms with van der Waals surface area (Å²) in [6.07, 6.45) is 7.71. The van der Waals surface area contributed by atoms with Crippen molar-refractivity contribution < 1.29 is 48.0 Å². The molecule has 1 atom stereocenters. The van der Waals surface area contributed by atoms with E-state index in [9.17, 15) is 24.4 Å². The van der Waals surface area contributed by atoms with Crippen LogP contribution in [0, 0.1) is 11.3 Å². The topological polar surface area (TPSA) is 267 Å². The average molecular weight is 1010 g/mol. The van der Waals surface area contributed by atoms with E-state index in [1.807, 2.05) is 41.5 Å². The number of carboxylic acid groups (broad SMARTS) is 1. The van der Waals surface area contributed by atoms with Crippen LogP contribution < -0.4 is 19.3 Å². The van der Waals surface area contributed by atoms with Gasteiger partial charge in [-0.2, -0.15) is 5.26 Å². The van der Waals surface area contributed by atoms with Gasteiger partial charge in [0.1, 0.15) is 54.0 Å². The molecule has 3 aliphatic rings. The van der Waals surface area contributed by atoms with Crippen LogP contribution in [0.25, 0.3) is 11.3 Å². The summed E-state index contributed by atoms with van der Waals surface area (Å²) in [4.78, 5) is 80.3. The largest absolute Gasteiger partial charge is 0.487 e. The summed E-state index contributed by atoms with van der Waals surface area (Å²) >= 11 is 0. The van der Waals surface area contributed by atoms with Crippen molar-refractivity contribution >= 4 is 35.3 Å². The number of piperazine rings is 1. The Morgan fingerprint density at radius 1 is 0.865 bits per heavy atom. The number of Topliss-reactive ketones (excluding diaryl/α,β-unsaturated/α-hetero) is 1. The van der Waals surface area contributed by atoms with Crippen molar-refractivity contribution in [2.45, 2.75) is 58.2 Å². The van der Waals surface area contributed by atoms with E-state index in [2.05, 4.69) is 36.3 Å². The Morgan fingerprint density at radius 3 is 2.41 bits per heavy atom. The Labute approximate surface area is 425 Å². The van der Waals surface area contributed by atoms with Crippen molar-refractivity contribution in [1.29, 1.82) is 5.26 Å². The Morgan fingerprint density at radius 2 is 1.65 bits per heavy atom. The zero-order chi connectivity index (χ0) is 51.8. The minimum atomic E-state index is -1.07. The van der Waals surface area contributed by atoms with Crippen molar-refractivity contribution in [3.8, 4) is 34.7 Å². The van der Waals surface area contributed by atoms with Crippen LogP contribution in [0.4, 0.5) is 11.8 Å². The Bertz CT molecular complexity index is 3030. The van der Waals surface area contributed by atoms with Gasteiger partial charge in [-0.25, -0.2) is 34.4 Å². The Balaban J connectivity index is 0.635. The van der Waals surface area contributed by atoms with Crippen LogP contribution in [0.2, 0.25) is 0 Å². The molecule has 2 fully saturated rings. The van der Waals surface area contributed by atoms with Crippen LogP contribution in [0.3, 0.4) is 0 Å². The highest BCUT2D eigenvalue weighted by Gasteiger charge is 2.45. The van der Waals surface area contributed by atoms with Crippen LogP contribution in [0.15, 0.2) is 91.6 Å². The number of pyridine rings is 3. The molecule has 0 bridgehead atoms. The molecule has 3 aliphatic heterocycles. The van der Waals surface area contributed by atoms with Gasteiger partial charge in [0, 0.05) is 80.3 Å². The zero-order valence-electron chi connectivity index (χ0n) is 40.9. The fraction of sp³-hybridized carbons (Fsp3) is 0.373. The van der Waals surface area contributed by atoms with E-state index in [-0.39, 0.29) is 80.7 Å². The van der Waals surface area contributed by atoms with E-state index in [1.54, 1.807) is 72.2 Å². The molecule has 2 amide bonds. The molecule has 0 radical (unpaired) electrons. The van der Waals surface area contributed by atoms with E-state index in [0.717, 1.165) is 0 Å². The average Bonchev–Trinajstić information content (AvgIpc) is 3.91. The number of hydrogen-bond acceptors (Lipinski definition) is 19. The van der Waals surface area contributed by atoms with Crippen LogP contribution in [-0.2, 0) is 43.5 Å². The number of nitrogens with zero attached hydrogens (tertiary/aromatic N) is 13. The number of nitriles is 1. The van der Waals surface area contributed by atoms with Crippen molar-refractivity contribution in [3.63, 3.8) is 0 Å². The van der Waals surface area contributed by atoms with Gasteiger partial charge < -0.3 is 48.4 Å². The second-order valence-electron chi connectivity index (χ2n) is 18.2. The van der Waals surface area contributed by atoms with E-state index in [4.69, 9.17) is 33.8 Å². The smallest absolute Gasteiger partial charge is 0.337 e. The summed E-state index contributed by atoms with van der Waals surface area (Å²) in [7, 11) is 0. The van der Waals surface area contributed by atoms with E-state index >= 15 is 0 Å². The highest BCUT2D eigenvalue weighted by Crippen LogP contribution is 2.40. The molecule has 23 heteroatoms. The van der Waals surface area contributed by atoms with Gasteiger partial charge in [-0.3, -0.25) is 14.4 Å². The number of benzene rings is 1. The predicted octanol–water partition coefficient (Wildman–Crippen LogP) is 3.84. The monoisotopic (exact) mass is 1010 g/mol. The molecule has 0 aliphatic carbocycles. The highest BCUT2D eigenvalue weighted by molar-refractivity contribution is 6.13. The predicted molar refractivity (Wildman–Crippen MR) is 262 cm³/mol. The molecule has 23 nitrogen and oxygen atoms in total. The first-order valence-electron chi connectivity index (χ1n) is 23.9. The number of carbonyl (C=O) groups is 4. The number of ketones is 1. The van der Waals surface area contributed by atoms with Crippen LogP contribution in [0.1, 0.15) is 58.4 Å². The van der Waals surface area contributed by atoms with Crippen LogP contribution in [0.5, 0.6) is 17.4 Å². The maximum Gasteiger partial charge on any atom is 0.337 e. The lowest BCUT2D eigenvalue weighted by molar-refractivity contribution is -0.145. The van der Waals surface area contributed by atoms with Gasteiger partial charge in [0.25, 0.3) is 0 Å². The lowest BCUT2D eigenvalue weighted by Crippen LogP contribution is -2.57. The van der Waals surface area contributed by atoms with Crippen molar-refractivity contribution in [2.24, 2.45) is 0 Å². The number of aromatic nitrogens is 8. The standard InChI is InChI=1S/C51H53N13O10/c1-33-25-60(50-55-23-36(24-56-50)42-11-10-41-47(67)51(2,3)64(48(41)57-42)26-35-6-5-13-53-43(35)21-52)14-15-63(33)45(65)30-62-27-37(58-59-62)31-71-18-16-70-17-19-72-32-46(66)61-28-40(29-61)73-38-7-4-8-39(20-38)74-44-12-9-34(22-54-44)49(68)69/h4-13,20,22-24,27,33,40H,14-19,25-26,28-32H2,1-3H3,(H,68,69)/t33-/m1/s1. The summed E-state index contributed by atoms with van der Waals surface area (Å²) in [5, 5.41) is 27.0. The third-order valence-electron chi connectivity index (χ3n) is 12.7. The third kappa shape index (κ3) is 11.7. The molecular formula is C51H53N13O10. The molecule has 5 aromatic heterocycles. The molecular weight excluding hydrogens is 955 g/mol. The molecule has 1 N–H and O–H groups in total. The molecule has 0 spiro atoms. The lowest BCUT2D eigenvalue weighted by Gasteiger charge is -2.39. The van der Waals surface area contributed by atoms with Crippen LogP contribution in [-0.4, -0.2) is 162 Å². The summed E-state index contributed by atoms with van der Waals surface area (Å²) < 4.78 is 30.0.